The number of aromatic nitrogens is 1. The third-order valence-corrected chi connectivity index (χ3v) is 5.94. The van der Waals surface area contributed by atoms with Crippen molar-refractivity contribution in [2.45, 2.75) is 4.90 Å². The Morgan fingerprint density at radius 2 is 1.53 bits per heavy atom. The van der Waals surface area contributed by atoms with Crippen LogP contribution in [0.3, 0.4) is 0 Å². The van der Waals surface area contributed by atoms with Gasteiger partial charge in [-0.05, 0) is 18.2 Å². The molecule has 13 heteroatoms. The molecule has 0 bridgehead atoms. The largest absolute Gasteiger partial charge is 0.505 e. The van der Waals surface area contributed by atoms with Gasteiger partial charge in [0.15, 0.2) is 11.6 Å². The number of aliphatic carboxylic acids is 2. The van der Waals surface area contributed by atoms with Crippen LogP contribution in [0.4, 0.5) is 11.5 Å². The predicted molar refractivity (Wildman–Crippen MR) is 108 cm³/mol. The topological polar surface area (TPSA) is 170 Å². The second-order valence-electron chi connectivity index (χ2n) is 6.24. The number of phenols is 1. The zero-order valence-corrected chi connectivity index (χ0v) is 17.9. The van der Waals surface area contributed by atoms with Crippen LogP contribution >= 0.6 is 0 Å². The molecule has 11 nitrogen and oxygen atoms in total. The van der Waals surface area contributed by atoms with Crippen LogP contribution in [0.2, 0.25) is 0 Å². The van der Waals surface area contributed by atoms with Crippen LogP contribution in [0.15, 0.2) is 69.9 Å². The minimum Gasteiger partial charge on any atom is -0.505 e. The number of azo groups is 1. The summed E-state index contributed by atoms with van der Waals surface area (Å²) in [7, 11) is -4.60. The molecule has 3 rings (SSSR count). The molecule has 0 radical (unpaired) electrons. The molecule has 0 unspecified atom stereocenters. The minimum atomic E-state index is -4.60. The minimum absolute atomic E-state index is 0. The zero-order chi connectivity index (χ0) is 22.6. The molecule has 0 fully saturated rings. The van der Waals surface area contributed by atoms with Crippen LogP contribution in [0, 0.1) is 0 Å². The van der Waals surface area contributed by atoms with Crippen LogP contribution in [0.1, 0.15) is 0 Å². The Morgan fingerprint density at radius 3 is 2.09 bits per heavy atom. The van der Waals surface area contributed by atoms with Crippen LogP contribution in [0.5, 0.6) is 5.75 Å². The van der Waals surface area contributed by atoms with Crippen LogP contribution in [-0.4, -0.2) is 58.1 Å². The Bertz CT molecular complexity index is 1270. The van der Waals surface area contributed by atoms with Gasteiger partial charge in [0.2, 0.25) is 10.0 Å². The van der Waals surface area contributed by atoms with Crippen molar-refractivity contribution in [1.82, 2.24) is 9.29 Å². The maximum Gasteiger partial charge on any atom is 0.318 e. The molecule has 1 heterocycles. The molecule has 0 saturated heterocycles. The van der Waals surface area contributed by atoms with Gasteiger partial charge in [-0.2, -0.15) is 4.31 Å². The van der Waals surface area contributed by atoms with Crippen LogP contribution in [-0.2, 0) is 36.1 Å². The normalized spacial score (nSPS) is 11.5. The average molecular weight is 503 g/mol. The predicted octanol–water partition coefficient (Wildman–Crippen LogP) is 2.51. The van der Waals surface area contributed by atoms with E-state index in [4.69, 9.17) is 10.2 Å². The molecule has 0 spiro atoms. The van der Waals surface area contributed by atoms with E-state index in [0.29, 0.717) is 4.31 Å². The van der Waals surface area contributed by atoms with E-state index in [2.05, 4.69) is 15.2 Å². The summed E-state index contributed by atoms with van der Waals surface area (Å²) in [6.07, 6.45) is 1.47. The number of sulfonamides is 1. The third-order valence-electron chi connectivity index (χ3n) is 4.11. The van der Waals surface area contributed by atoms with Crippen molar-refractivity contribution < 1.29 is 49.8 Å². The van der Waals surface area contributed by atoms with E-state index in [1.807, 2.05) is 0 Å². The van der Waals surface area contributed by atoms with E-state index >= 15 is 0 Å². The maximum absolute atomic E-state index is 13.2. The quantitative estimate of drug-likeness (QED) is 0.311. The van der Waals surface area contributed by atoms with Crippen molar-refractivity contribution in [1.29, 1.82) is 0 Å². The molecule has 32 heavy (non-hydrogen) atoms. The number of hydrogen-bond acceptors (Lipinski definition) is 8. The number of aromatic hydroxyl groups is 1. The molecule has 3 N–H and O–H groups in total. The Kier molecular flexibility index (Phi) is 7.98. The SMILES string of the molecule is O=C(O)CN(CC(=O)O)S(=O)(=O)c1cc(N=Nc2ccccn2)c(O)c2ccccc12.[Ni]. The van der Waals surface area contributed by atoms with Crippen molar-refractivity contribution >= 4 is 44.2 Å². The van der Waals surface area contributed by atoms with Crippen molar-refractivity contribution in [3.05, 3.63) is 54.7 Å². The number of carboxylic acids is 2. The first-order valence-electron chi connectivity index (χ1n) is 8.71. The standard InChI is InChI=1S/C19H16N4O7S.Ni/c24-17(25)10-23(11-18(26)27)31(29,30)15-9-14(21-22-16-7-3-4-8-20-16)19(28)13-6-2-1-5-12(13)15;/h1-9,28H,10-11H2,(H,24,25)(H,26,27);. The fourth-order valence-electron chi connectivity index (χ4n) is 2.79. The summed E-state index contributed by atoms with van der Waals surface area (Å²) in [5.41, 5.74) is -0.214. The monoisotopic (exact) mass is 502 g/mol. The maximum atomic E-state index is 13.2. The summed E-state index contributed by atoms with van der Waals surface area (Å²) in [6.45, 7) is -2.12. The third kappa shape index (κ3) is 5.44. The van der Waals surface area contributed by atoms with Crippen LogP contribution < -0.4 is 0 Å². The van der Waals surface area contributed by atoms with E-state index in [-0.39, 0.29) is 44.5 Å². The fourth-order valence-corrected chi connectivity index (χ4v) is 4.34. The van der Waals surface area contributed by atoms with Crippen LogP contribution in [0.25, 0.3) is 10.8 Å². The van der Waals surface area contributed by atoms with Gasteiger partial charge in [-0.15, -0.1) is 10.2 Å². The molecule has 1 aromatic heterocycles. The van der Waals surface area contributed by atoms with Gasteiger partial charge in [-0.1, -0.05) is 30.3 Å². The van der Waals surface area contributed by atoms with Gasteiger partial charge < -0.3 is 15.3 Å². The van der Waals surface area contributed by atoms with E-state index in [9.17, 15) is 23.1 Å². The van der Waals surface area contributed by atoms with Gasteiger partial charge in [0.05, 0.1) is 4.90 Å². The van der Waals surface area contributed by atoms with Gasteiger partial charge >= 0.3 is 11.9 Å². The number of rotatable bonds is 8. The molecule has 3 aromatic rings. The molecule has 2 aromatic carbocycles. The first kappa shape index (κ1) is 24.9. The smallest absolute Gasteiger partial charge is 0.318 e. The first-order chi connectivity index (χ1) is 14.7. The molecule has 170 valence electrons. The number of fused-ring (bicyclic) bond motifs is 1. The number of carbonyl (C=O) groups is 2. The van der Waals surface area contributed by atoms with Gasteiger partial charge in [0.1, 0.15) is 18.8 Å². The van der Waals surface area contributed by atoms with E-state index in [0.717, 1.165) is 6.07 Å². The Balaban J connectivity index is 0.00000363. The first-order valence-corrected chi connectivity index (χ1v) is 10.2. The number of pyridine rings is 1. The fraction of sp³-hybridized carbons (Fsp3) is 0.105. The van der Waals surface area contributed by atoms with Gasteiger partial charge in [-0.3, -0.25) is 9.59 Å². The van der Waals surface area contributed by atoms with E-state index < -0.39 is 39.9 Å². The molecule has 0 aliphatic heterocycles. The summed E-state index contributed by atoms with van der Waals surface area (Å²) >= 11 is 0. The van der Waals surface area contributed by atoms with Crippen molar-refractivity contribution in [3.63, 3.8) is 0 Å². The molecule has 0 aliphatic rings. The van der Waals surface area contributed by atoms with Gasteiger partial charge in [0, 0.05) is 33.5 Å². The number of hydrogen-bond donors (Lipinski definition) is 3. The number of carboxylic acid groups (broad SMARTS) is 2. The summed E-state index contributed by atoms with van der Waals surface area (Å²) in [6, 6.07) is 11.8. The van der Waals surface area contributed by atoms with E-state index in [1.165, 1.54) is 24.4 Å². The molecule has 0 aliphatic carbocycles. The molecule has 0 amide bonds. The zero-order valence-electron chi connectivity index (χ0n) is 16.1. The average Bonchev–Trinajstić information content (AvgIpc) is 2.73. The molecule has 0 saturated carbocycles. The summed E-state index contributed by atoms with van der Waals surface area (Å²) in [4.78, 5) is 25.8. The Morgan fingerprint density at radius 1 is 0.938 bits per heavy atom. The Hall–Kier alpha value is -3.41. The number of benzene rings is 2. The second-order valence-corrected chi connectivity index (χ2v) is 8.14. The van der Waals surface area contributed by atoms with Crippen molar-refractivity contribution in [2.24, 2.45) is 10.2 Å². The molecule has 0 atom stereocenters. The number of nitrogens with zero attached hydrogens (tertiary/aromatic N) is 4. The number of phenolic OH excluding ortho intramolecular Hbond substituents is 1. The second kappa shape index (κ2) is 10.3. The van der Waals surface area contributed by atoms with Gasteiger partial charge in [0.25, 0.3) is 0 Å². The van der Waals surface area contributed by atoms with Crippen molar-refractivity contribution in [3.8, 4) is 5.75 Å². The van der Waals surface area contributed by atoms with Crippen molar-refractivity contribution in [2.75, 3.05) is 13.1 Å². The van der Waals surface area contributed by atoms with E-state index in [1.54, 1.807) is 24.3 Å². The summed E-state index contributed by atoms with van der Waals surface area (Å²) < 4.78 is 26.7. The summed E-state index contributed by atoms with van der Waals surface area (Å²) in [5.74, 6) is -3.19. The molecular formula is C19H16N4NiO7S. The summed E-state index contributed by atoms with van der Waals surface area (Å²) in [5, 5.41) is 36.6. The Labute approximate surface area is 192 Å². The molecular weight excluding hydrogens is 487 g/mol. The van der Waals surface area contributed by atoms with Gasteiger partial charge in [-0.25, -0.2) is 13.4 Å².